The van der Waals surface area contributed by atoms with Gasteiger partial charge in [-0.25, -0.2) is 4.98 Å². The highest BCUT2D eigenvalue weighted by Gasteiger charge is 2.16. The van der Waals surface area contributed by atoms with Gasteiger partial charge in [-0.2, -0.15) is 0 Å². The standard InChI is InChI=1S/C18H21ClN4O/c1-2-22-9-11-23(12-10-22)16-7-8-17(20-13-16)18(24)21-15-5-3-14(19)4-6-15/h3-8,13H,2,9-12H2,1H3,(H,21,24). The van der Waals surface area contributed by atoms with E-state index >= 15 is 0 Å². The predicted octanol–water partition coefficient (Wildman–Crippen LogP) is 3.13. The first-order chi connectivity index (χ1) is 11.7. The van der Waals surface area contributed by atoms with Crippen molar-refractivity contribution in [3.63, 3.8) is 0 Å². The maximum absolute atomic E-state index is 12.2. The summed E-state index contributed by atoms with van der Waals surface area (Å²) >= 11 is 5.84. The molecule has 2 heterocycles. The molecule has 1 amide bonds. The fourth-order valence-corrected chi connectivity index (χ4v) is 2.88. The molecule has 0 saturated carbocycles. The number of rotatable bonds is 4. The maximum Gasteiger partial charge on any atom is 0.274 e. The minimum absolute atomic E-state index is 0.223. The number of aromatic nitrogens is 1. The Labute approximate surface area is 147 Å². The Morgan fingerprint density at radius 3 is 2.42 bits per heavy atom. The van der Waals surface area contributed by atoms with Crippen LogP contribution in [-0.4, -0.2) is 48.5 Å². The minimum atomic E-state index is -0.223. The fraction of sp³-hybridized carbons (Fsp3) is 0.333. The Bertz CT molecular complexity index is 679. The van der Waals surface area contributed by atoms with Crippen LogP contribution in [0.3, 0.4) is 0 Å². The smallest absolute Gasteiger partial charge is 0.274 e. The quantitative estimate of drug-likeness (QED) is 0.925. The van der Waals surface area contributed by atoms with Crippen molar-refractivity contribution in [1.29, 1.82) is 0 Å². The molecule has 5 nitrogen and oxygen atoms in total. The Hall–Kier alpha value is -2.11. The van der Waals surface area contributed by atoms with Gasteiger partial charge in [0.1, 0.15) is 5.69 Å². The molecule has 3 rings (SSSR count). The second-order valence-corrected chi connectivity index (χ2v) is 6.22. The molecule has 24 heavy (non-hydrogen) atoms. The molecule has 1 aromatic carbocycles. The van der Waals surface area contributed by atoms with E-state index in [0.717, 1.165) is 38.4 Å². The molecule has 0 bridgehead atoms. The molecule has 0 radical (unpaired) electrons. The zero-order valence-corrected chi connectivity index (χ0v) is 14.5. The maximum atomic E-state index is 12.2. The molecule has 2 aromatic rings. The molecular formula is C18H21ClN4O. The Kier molecular flexibility index (Phi) is 5.33. The average Bonchev–Trinajstić information content (AvgIpc) is 2.64. The van der Waals surface area contributed by atoms with E-state index in [9.17, 15) is 4.79 Å². The summed E-state index contributed by atoms with van der Waals surface area (Å²) < 4.78 is 0. The molecule has 1 N–H and O–H groups in total. The molecule has 1 saturated heterocycles. The van der Waals surface area contributed by atoms with Crippen LogP contribution >= 0.6 is 11.6 Å². The van der Waals surface area contributed by atoms with Crippen molar-refractivity contribution in [3.8, 4) is 0 Å². The zero-order chi connectivity index (χ0) is 16.9. The third kappa shape index (κ3) is 4.04. The van der Waals surface area contributed by atoms with E-state index in [1.165, 1.54) is 0 Å². The first kappa shape index (κ1) is 16.7. The number of halogens is 1. The minimum Gasteiger partial charge on any atom is -0.368 e. The molecule has 1 aromatic heterocycles. The summed E-state index contributed by atoms with van der Waals surface area (Å²) in [4.78, 5) is 21.3. The van der Waals surface area contributed by atoms with Crippen molar-refractivity contribution < 1.29 is 4.79 Å². The van der Waals surface area contributed by atoms with E-state index in [4.69, 9.17) is 11.6 Å². The van der Waals surface area contributed by atoms with Crippen LogP contribution in [0.4, 0.5) is 11.4 Å². The Morgan fingerprint density at radius 2 is 1.83 bits per heavy atom. The number of amides is 1. The van der Waals surface area contributed by atoms with Gasteiger partial charge in [0.05, 0.1) is 11.9 Å². The molecular weight excluding hydrogens is 324 g/mol. The fourth-order valence-electron chi connectivity index (χ4n) is 2.76. The van der Waals surface area contributed by atoms with E-state index < -0.39 is 0 Å². The highest BCUT2D eigenvalue weighted by atomic mass is 35.5. The van der Waals surface area contributed by atoms with Gasteiger partial charge in [0.2, 0.25) is 0 Å². The van der Waals surface area contributed by atoms with Crippen molar-refractivity contribution in [2.75, 3.05) is 42.9 Å². The summed E-state index contributed by atoms with van der Waals surface area (Å²) in [5, 5.41) is 3.46. The number of benzene rings is 1. The first-order valence-corrected chi connectivity index (χ1v) is 8.54. The van der Waals surface area contributed by atoms with Gasteiger partial charge in [0, 0.05) is 36.9 Å². The van der Waals surface area contributed by atoms with E-state index in [0.29, 0.717) is 16.4 Å². The molecule has 1 aliphatic rings. The number of hydrogen-bond donors (Lipinski definition) is 1. The molecule has 1 aliphatic heterocycles. The number of anilines is 2. The van der Waals surface area contributed by atoms with E-state index in [1.54, 1.807) is 36.5 Å². The second-order valence-electron chi connectivity index (χ2n) is 5.78. The molecule has 0 atom stereocenters. The van der Waals surface area contributed by atoms with Crippen LogP contribution in [0.1, 0.15) is 17.4 Å². The van der Waals surface area contributed by atoms with Gasteiger partial charge in [-0.1, -0.05) is 18.5 Å². The van der Waals surface area contributed by atoms with Crippen molar-refractivity contribution >= 4 is 28.9 Å². The molecule has 0 unspecified atom stereocenters. The van der Waals surface area contributed by atoms with Gasteiger partial charge in [0.25, 0.3) is 5.91 Å². The van der Waals surface area contributed by atoms with Crippen LogP contribution in [0.2, 0.25) is 5.02 Å². The lowest BCUT2D eigenvalue weighted by molar-refractivity contribution is 0.102. The van der Waals surface area contributed by atoms with Crippen molar-refractivity contribution in [1.82, 2.24) is 9.88 Å². The molecule has 6 heteroatoms. The summed E-state index contributed by atoms with van der Waals surface area (Å²) in [6.07, 6.45) is 1.78. The summed E-state index contributed by atoms with van der Waals surface area (Å²) in [7, 11) is 0. The Morgan fingerprint density at radius 1 is 1.12 bits per heavy atom. The largest absolute Gasteiger partial charge is 0.368 e. The van der Waals surface area contributed by atoms with Gasteiger partial charge in [-0.05, 0) is 42.9 Å². The van der Waals surface area contributed by atoms with Gasteiger partial charge in [-0.15, -0.1) is 0 Å². The van der Waals surface area contributed by atoms with Gasteiger partial charge in [0.15, 0.2) is 0 Å². The van der Waals surface area contributed by atoms with Crippen LogP contribution in [0.25, 0.3) is 0 Å². The van der Waals surface area contributed by atoms with Crippen LogP contribution in [0.15, 0.2) is 42.6 Å². The third-order valence-electron chi connectivity index (χ3n) is 4.27. The SMILES string of the molecule is CCN1CCN(c2ccc(C(=O)Nc3ccc(Cl)cc3)nc2)CC1. The highest BCUT2D eigenvalue weighted by Crippen LogP contribution is 2.17. The molecule has 0 aliphatic carbocycles. The summed E-state index contributed by atoms with van der Waals surface area (Å²) in [5.74, 6) is -0.223. The number of nitrogens with one attached hydrogen (secondary N) is 1. The third-order valence-corrected chi connectivity index (χ3v) is 4.52. The van der Waals surface area contributed by atoms with Crippen molar-refractivity contribution in [2.45, 2.75) is 6.92 Å². The van der Waals surface area contributed by atoms with Crippen LogP contribution in [-0.2, 0) is 0 Å². The second kappa shape index (κ2) is 7.64. The average molecular weight is 345 g/mol. The van der Waals surface area contributed by atoms with E-state index in [1.807, 2.05) is 6.07 Å². The number of carbonyl (C=O) groups excluding carboxylic acids is 1. The lowest BCUT2D eigenvalue weighted by Gasteiger charge is -2.35. The highest BCUT2D eigenvalue weighted by molar-refractivity contribution is 6.30. The number of carbonyl (C=O) groups is 1. The Balaban J connectivity index is 1.61. The summed E-state index contributed by atoms with van der Waals surface area (Å²) in [6.45, 7) is 7.39. The molecule has 1 fully saturated rings. The zero-order valence-electron chi connectivity index (χ0n) is 13.7. The monoisotopic (exact) mass is 344 g/mol. The number of pyridine rings is 1. The van der Waals surface area contributed by atoms with Crippen molar-refractivity contribution in [2.24, 2.45) is 0 Å². The predicted molar refractivity (Wildman–Crippen MR) is 98.0 cm³/mol. The van der Waals surface area contributed by atoms with Gasteiger partial charge in [-0.3, -0.25) is 4.79 Å². The lowest BCUT2D eigenvalue weighted by Crippen LogP contribution is -2.46. The number of likely N-dealkylation sites (N-methyl/N-ethyl adjacent to an activating group) is 1. The lowest BCUT2D eigenvalue weighted by atomic mass is 10.2. The topological polar surface area (TPSA) is 48.5 Å². The number of nitrogens with zero attached hydrogens (tertiary/aromatic N) is 3. The van der Waals surface area contributed by atoms with E-state index in [-0.39, 0.29) is 5.91 Å². The first-order valence-electron chi connectivity index (χ1n) is 8.16. The summed E-state index contributed by atoms with van der Waals surface area (Å²) in [6, 6.07) is 10.7. The van der Waals surface area contributed by atoms with Gasteiger partial charge < -0.3 is 15.1 Å². The normalized spacial score (nSPS) is 15.3. The molecule has 126 valence electrons. The molecule has 0 spiro atoms. The van der Waals surface area contributed by atoms with Crippen LogP contribution < -0.4 is 10.2 Å². The van der Waals surface area contributed by atoms with Crippen molar-refractivity contribution in [3.05, 3.63) is 53.3 Å². The van der Waals surface area contributed by atoms with Crippen LogP contribution in [0.5, 0.6) is 0 Å². The van der Waals surface area contributed by atoms with Crippen LogP contribution in [0, 0.1) is 0 Å². The van der Waals surface area contributed by atoms with E-state index in [2.05, 4.69) is 27.0 Å². The number of hydrogen-bond acceptors (Lipinski definition) is 4. The summed E-state index contributed by atoms with van der Waals surface area (Å²) in [5.41, 5.74) is 2.17. The number of piperazine rings is 1. The van der Waals surface area contributed by atoms with Gasteiger partial charge >= 0.3 is 0 Å².